The second-order valence-electron chi connectivity index (χ2n) is 3.14. The minimum atomic E-state index is -2.49. The van der Waals surface area contributed by atoms with Gasteiger partial charge in [-0.3, -0.25) is 4.68 Å². The summed E-state index contributed by atoms with van der Waals surface area (Å²) in [4.78, 5) is 1.26. The van der Waals surface area contributed by atoms with Gasteiger partial charge in [-0.15, -0.1) is 0 Å². The summed E-state index contributed by atoms with van der Waals surface area (Å²) >= 11 is 0. The van der Waals surface area contributed by atoms with Crippen LogP contribution in [0.3, 0.4) is 0 Å². The lowest BCUT2D eigenvalue weighted by molar-refractivity contribution is 0.152. The number of anilines is 2. The van der Waals surface area contributed by atoms with Gasteiger partial charge in [0.1, 0.15) is 0 Å². The van der Waals surface area contributed by atoms with Crippen LogP contribution < -0.4 is 10.6 Å². The number of alkyl halides is 2. The lowest BCUT2D eigenvalue weighted by atomic mass is 10.4. The molecule has 0 aromatic carbocycles. The highest BCUT2D eigenvalue weighted by molar-refractivity contribution is 5.61. The monoisotopic (exact) mass is 220 g/mol. The Bertz CT molecular complexity index is 316. The fourth-order valence-electron chi connectivity index (χ4n) is 1.31. The maximum atomic E-state index is 12.2. The molecule has 0 bridgehead atoms. The molecule has 1 heterocycles. The SMILES string of the molecule is Cn1cc(N)c(N(CCO)CC(F)F)n1. The average molecular weight is 220 g/mol. The van der Waals surface area contributed by atoms with E-state index in [2.05, 4.69) is 5.10 Å². The minimum absolute atomic E-state index is 0.0888. The zero-order valence-electron chi connectivity index (χ0n) is 8.40. The third kappa shape index (κ3) is 3.05. The molecule has 1 aromatic heterocycles. The van der Waals surface area contributed by atoms with Gasteiger partial charge in [0.25, 0.3) is 6.43 Å². The Morgan fingerprint density at radius 3 is 2.73 bits per heavy atom. The van der Waals surface area contributed by atoms with Crippen LogP contribution >= 0.6 is 0 Å². The number of aromatic nitrogens is 2. The first-order chi connectivity index (χ1) is 7.04. The van der Waals surface area contributed by atoms with Crippen LogP contribution in [0.2, 0.25) is 0 Å². The molecule has 0 atom stereocenters. The van der Waals surface area contributed by atoms with Crippen LogP contribution in [0.25, 0.3) is 0 Å². The van der Waals surface area contributed by atoms with Gasteiger partial charge in [0.2, 0.25) is 0 Å². The van der Waals surface area contributed by atoms with Crippen molar-refractivity contribution in [3.8, 4) is 0 Å². The number of aliphatic hydroxyl groups excluding tert-OH is 1. The van der Waals surface area contributed by atoms with Gasteiger partial charge in [-0.2, -0.15) is 5.10 Å². The molecule has 5 nitrogen and oxygen atoms in total. The van der Waals surface area contributed by atoms with Gasteiger partial charge in [-0.25, -0.2) is 8.78 Å². The lowest BCUT2D eigenvalue weighted by Crippen LogP contribution is -2.32. The molecular formula is C8H14F2N4O. The van der Waals surface area contributed by atoms with E-state index in [1.807, 2.05) is 0 Å². The first-order valence-electron chi connectivity index (χ1n) is 4.47. The van der Waals surface area contributed by atoms with E-state index in [1.54, 1.807) is 7.05 Å². The second kappa shape index (κ2) is 4.92. The smallest absolute Gasteiger partial charge is 0.255 e. The predicted molar refractivity (Wildman–Crippen MR) is 52.9 cm³/mol. The van der Waals surface area contributed by atoms with Crippen LogP contribution in [0.5, 0.6) is 0 Å². The molecule has 0 saturated heterocycles. The van der Waals surface area contributed by atoms with Crippen LogP contribution in [0, 0.1) is 0 Å². The average Bonchev–Trinajstić information content (AvgIpc) is 2.44. The molecule has 15 heavy (non-hydrogen) atoms. The number of nitrogens with two attached hydrogens (primary N) is 1. The molecule has 0 saturated carbocycles. The van der Waals surface area contributed by atoms with Crippen molar-refractivity contribution in [1.82, 2.24) is 9.78 Å². The highest BCUT2D eigenvalue weighted by Crippen LogP contribution is 2.20. The zero-order chi connectivity index (χ0) is 11.4. The molecule has 1 aromatic rings. The molecule has 0 aliphatic heterocycles. The van der Waals surface area contributed by atoms with Crippen LogP contribution in [0.1, 0.15) is 0 Å². The van der Waals surface area contributed by atoms with Crippen LogP contribution in [-0.4, -0.2) is 41.0 Å². The van der Waals surface area contributed by atoms with Gasteiger partial charge >= 0.3 is 0 Å². The highest BCUT2D eigenvalue weighted by Gasteiger charge is 2.17. The molecule has 1 rings (SSSR count). The summed E-state index contributed by atoms with van der Waals surface area (Å²) in [5.74, 6) is 0.284. The summed E-state index contributed by atoms with van der Waals surface area (Å²) in [5, 5.41) is 12.7. The third-order valence-corrected chi connectivity index (χ3v) is 1.86. The minimum Gasteiger partial charge on any atom is -0.395 e. The van der Waals surface area contributed by atoms with E-state index >= 15 is 0 Å². The zero-order valence-corrected chi connectivity index (χ0v) is 8.40. The van der Waals surface area contributed by atoms with Crippen molar-refractivity contribution in [2.75, 3.05) is 30.3 Å². The third-order valence-electron chi connectivity index (χ3n) is 1.86. The Balaban J connectivity index is 2.83. The number of aryl methyl sites for hydroxylation is 1. The Hall–Kier alpha value is -1.37. The van der Waals surface area contributed by atoms with Crippen LogP contribution in [0.15, 0.2) is 6.20 Å². The molecule has 0 spiro atoms. The van der Waals surface area contributed by atoms with Crippen molar-refractivity contribution in [3.05, 3.63) is 6.20 Å². The van der Waals surface area contributed by atoms with E-state index in [1.165, 1.54) is 15.8 Å². The number of aliphatic hydroxyl groups is 1. The number of nitrogens with zero attached hydrogens (tertiary/aromatic N) is 3. The molecule has 0 unspecified atom stereocenters. The molecule has 0 fully saturated rings. The Labute approximate surface area is 86.1 Å². The van der Waals surface area contributed by atoms with Crippen molar-refractivity contribution in [3.63, 3.8) is 0 Å². The summed E-state index contributed by atoms with van der Waals surface area (Å²) in [6.45, 7) is -0.615. The summed E-state index contributed by atoms with van der Waals surface area (Å²) in [7, 11) is 1.65. The van der Waals surface area contributed by atoms with Crippen molar-refractivity contribution >= 4 is 11.5 Å². The van der Waals surface area contributed by atoms with Gasteiger partial charge < -0.3 is 15.7 Å². The maximum absolute atomic E-state index is 12.2. The van der Waals surface area contributed by atoms with E-state index < -0.39 is 13.0 Å². The molecular weight excluding hydrogens is 206 g/mol. The Morgan fingerprint density at radius 1 is 1.67 bits per heavy atom. The van der Waals surface area contributed by atoms with Crippen molar-refractivity contribution in [1.29, 1.82) is 0 Å². The first-order valence-corrected chi connectivity index (χ1v) is 4.47. The fourth-order valence-corrected chi connectivity index (χ4v) is 1.31. The van der Waals surface area contributed by atoms with Gasteiger partial charge in [0.15, 0.2) is 5.82 Å². The molecule has 0 amide bonds. The number of halogens is 2. The number of hydrogen-bond acceptors (Lipinski definition) is 4. The summed E-state index contributed by atoms with van der Waals surface area (Å²) < 4.78 is 25.9. The summed E-state index contributed by atoms with van der Waals surface area (Å²) in [6.07, 6.45) is -0.955. The van der Waals surface area contributed by atoms with E-state index in [0.29, 0.717) is 5.69 Å². The second-order valence-corrected chi connectivity index (χ2v) is 3.14. The van der Waals surface area contributed by atoms with Crippen molar-refractivity contribution < 1.29 is 13.9 Å². The Morgan fingerprint density at radius 2 is 2.33 bits per heavy atom. The van der Waals surface area contributed by atoms with Gasteiger partial charge in [-0.1, -0.05) is 0 Å². The lowest BCUT2D eigenvalue weighted by Gasteiger charge is -2.21. The first kappa shape index (κ1) is 11.7. The molecule has 7 heteroatoms. The largest absolute Gasteiger partial charge is 0.395 e. The molecule has 86 valence electrons. The van der Waals surface area contributed by atoms with Crippen molar-refractivity contribution in [2.45, 2.75) is 6.43 Å². The number of hydrogen-bond donors (Lipinski definition) is 2. The van der Waals surface area contributed by atoms with Gasteiger partial charge in [0.05, 0.1) is 18.8 Å². The molecule has 0 radical (unpaired) electrons. The van der Waals surface area contributed by atoms with Crippen LogP contribution in [0.4, 0.5) is 20.3 Å². The molecule has 0 aliphatic rings. The maximum Gasteiger partial charge on any atom is 0.255 e. The van der Waals surface area contributed by atoms with Crippen molar-refractivity contribution in [2.24, 2.45) is 7.05 Å². The van der Waals surface area contributed by atoms with E-state index in [4.69, 9.17) is 10.8 Å². The van der Waals surface area contributed by atoms with E-state index in [0.717, 1.165) is 0 Å². The molecule has 0 aliphatic carbocycles. The van der Waals surface area contributed by atoms with Crippen LogP contribution in [-0.2, 0) is 7.05 Å². The fraction of sp³-hybridized carbons (Fsp3) is 0.625. The number of rotatable bonds is 5. The molecule has 3 N–H and O–H groups in total. The van der Waals surface area contributed by atoms with E-state index in [9.17, 15) is 8.78 Å². The Kier molecular flexibility index (Phi) is 3.84. The normalized spacial score (nSPS) is 11.0. The van der Waals surface area contributed by atoms with Gasteiger partial charge in [0, 0.05) is 19.8 Å². The topological polar surface area (TPSA) is 67.3 Å². The summed E-state index contributed by atoms with van der Waals surface area (Å²) in [6, 6.07) is 0. The quantitative estimate of drug-likeness (QED) is 0.736. The summed E-state index contributed by atoms with van der Waals surface area (Å²) in [5.41, 5.74) is 5.92. The van der Waals surface area contributed by atoms with Gasteiger partial charge in [-0.05, 0) is 0 Å². The highest BCUT2D eigenvalue weighted by atomic mass is 19.3. The predicted octanol–water partition coefficient (Wildman–Crippen LogP) is 0.0661. The number of nitrogen functional groups attached to an aromatic ring is 1. The standard InChI is InChI=1S/C8H14F2N4O/c1-13-4-6(11)8(12-13)14(2-3-15)5-7(9)10/h4,7,15H,2-3,5,11H2,1H3. The van der Waals surface area contributed by atoms with E-state index in [-0.39, 0.29) is 19.0 Å².